The topological polar surface area (TPSA) is 21.1 Å². The molecule has 0 bridgehead atoms. The molecule has 118 valence electrons. The molecule has 0 saturated carbocycles. The fourth-order valence-electron chi connectivity index (χ4n) is 3.88. The molecule has 2 aromatic heterocycles. The lowest BCUT2D eigenvalue weighted by molar-refractivity contribution is 0.713. The van der Waals surface area contributed by atoms with Gasteiger partial charge in [-0.05, 0) is 49.9 Å². The summed E-state index contributed by atoms with van der Waals surface area (Å²) in [7, 11) is 0. The van der Waals surface area contributed by atoms with Gasteiger partial charge in [0.15, 0.2) is 5.82 Å². The Labute approximate surface area is 137 Å². The van der Waals surface area contributed by atoms with Crippen LogP contribution in [0, 0.1) is 13.8 Å². The number of hydrogen-bond donors (Lipinski definition) is 0. The molecule has 0 amide bonds. The molecule has 3 heterocycles. The first kappa shape index (κ1) is 14.3. The highest BCUT2D eigenvalue weighted by Gasteiger charge is 2.22. The van der Waals surface area contributed by atoms with Crippen LogP contribution in [0.5, 0.6) is 0 Å². The fourth-order valence-corrected chi connectivity index (χ4v) is 3.88. The van der Waals surface area contributed by atoms with Crippen LogP contribution in [0.15, 0.2) is 36.5 Å². The minimum absolute atomic E-state index is 0.954. The van der Waals surface area contributed by atoms with E-state index in [1.165, 1.54) is 33.3 Å². The second-order valence-corrected chi connectivity index (χ2v) is 6.43. The Hall–Kier alpha value is -2.29. The summed E-state index contributed by atoms with van der Waals surface area (Å²) < 4.78 is 2.41. The smallest absolute Gasteiger partial charge is 0.153 e. The van der Waals surface area contributed by atoms with Crippen LogP contribution in [0.3, 0.4) is 0 Å². The lowest BCUT2D eigenvalue weighted by atomic mass is 10.00. The predicted molar refractivity (Wildman–Crippen MR) is 96.1 cm³/mol. The van der Waals surface area contributed by atoms with Gasteiger partial charge in [-0.3, -0.25) is 0 Å². The molecule has 0 atom stereocenters. The average molecular weight is 305 g/mol. The largest absolute Gasteiger partial charge is 0.350 e. The second kappa shape index (κ2) is 5.41. The van der Waals surface area contributed by atoms with Crippen LogP contribution in [0.4, 0.5) is 5.82 Å². The molecule has 1 aliphatic rings. The molecule has 0 radical (unpaired) electrons. The maximum absolute atomic E-state index is 4.77. The SMILES string of the molecule is CCn1c(C)c(C)c2ccnc(N3CCc4ccccc4C3)c21. The van der Waals surface area contributed by atoms with Crippen molar-refractivity contribution in [3.8, 4) is 0 Å². The molecule has 23 heavy (non-hydrogen) atoms. The van der Waals surface area contributed by atoms with Crippen molar-refractivity contribution in [1.29, 1.82) is 0 Å². The van der Waals surface area contributed by atoms with Crippen molar-refractivity contribution in [2.24, 2.45) is 0 Å². The van der Waals surface area contributed by atoms with Crippen LogP contribution in [0.1, 0.15) is 29.3 Å². The summed E-state index contributed by atoms with van der Waals surface area (Å²) in [6.07, 6.45) is 3.06. The van der Waals surface area contributed by atoms with E-state index in [2.05, 4.69) is 60.6 Å². The molecule has 3 heteroatoms. The minimum atomic E-state index is 0.954. The Morgan fingerprint density at radius 2 is 1.87 bits per heavy atom. The van der Waals surface area contributed by atoms with Gasteiger partial charge in [0, 0.05) is 36.9 Å². The number of benzene rings is 1. The zero-order valence-electron chi connectivity index (χ0n) is 14.1. The third-order valence-electron chi connectivity index (χ3n) is 5.27. The zero-order valence-corrected chi connectivity index (χ0v) is 14.1. The maximum Gasteiger partial charge on any atom is 0.153 e. The van der Waals surface area contributed by atoms with Gasteiger partial charge in [-0.25, -0.2) is 4.98 Å². The van der Waals surface area contributed by atoms with Gasteiger partial charge in [-0.2, -0.15) is 0 Å². The molecule has 3 aromatic rings. The number of aryl methyl sites for hydroxylation is 2. The third kappa shape index (κ3) is 2.14. The molecule has 0 spiro atoms. The lowest BCUT2D eigenvalue weighted by Gasteiger charge is -2.30. The number of rotatable bonds is 2. The Kier molecular flexibility index (Phi) is 3.37. The summed E-state index contributed by atoms with van der Waals surface area (Å²) in [4.78, 5) is 7.21. The molecule has 0 fully saturated rings. The average Bonchev–Trinajstić information content (AvgIpc) is 2.85. The van der Waals surface area contributed by atoms with E-state index in [9.17, 15) is 0 Å². The molecule has 1 aromatic carbocycles. The van der Waals surface area contributed by atoms with Crippen LogP contribution in [-0.2, 0) is 19.5 Å². The van der Waals surface area contributed by atoms with Crippen molar-refractivity contribution in [3.63, 3.8) is 0 Å². The number of aromatic nitrogens is 2. The molecule has 0 aliphatic carbocycles. The maximum atomic E-state index is 4.77. The van der Waals surface area contributed by atoms with Crippen molar-refractivity contribution in [2.75, 3.05) is 11.4 Å². The van der Waals surface area contributed by atoms with Crippen LogP contribution < -0.4 is 4.90 Å². The zero-order chi connectivity index (χ0) is 16.0. The van der Waals surface area contributed by atoms with Gasteiger partial charge in [-0.1, -0.05) is 24.3 Å². The normalized spacial score (nSPS) is 14.3. The van der Waals surface area contributed by atoms with E-state index < -0.39 is 0 Å². The van der Waals surface area contributed by atoms with E-state index in [0.29, 0.717) is 0 Å². The fraction of sp³-hybridized carbons (Fsp3) is 0.350. The number of fused-ring (bicyclic) bond motifs is 2. The summed E-state index contributed by atoms with van der Waals surface area (Å²) in [5.41, 5.74) is 6.94. The number of hydrogen-bond acceptors (Lipinski definition) is 2. The monoisotopic (exact) mass is 305 g/mol. The third-order valence-corrected chi connectivity index (χ3v) is 5.27. The van der Waals surface area contributed by atoms with Gasteiger partial charge in [0.05, 0.1) is 5.52 Å². The highest BCUT2D eigenvalue weighted by Crippen LogP contribution is 2.33. The number of nitrogens with zero attached hydrogens (tertiary/aromatic N) is 3. The molecule has 4 rings (SSSR count). The van der Waals surface area contributed by atoms with E-state index in [1.807, 2.05) is 6.20 Å². The van der Waals surface area contributed by atoms with Gasteiger partial charge < -0.3 is 9.47 Å². The Morgan fingerprint density at radius 3 is 2.65 bits per heavy atom. The van der Waals surface area contributed by atoms with E-state index in [0.717, 1.165) is 31.9 Å². The van der Waals surface area contributed by atoms with E-state index >= 15 is 0 Å². The lowest BCUT2D eigenvalue weighted by Crippen LogP contribution is -2.31. The first-order valence-electron chi connectivity index (χ1n) is 8.46. The molecule has 0 unspecified atom stereocenters. The van der Waals surface area contributed by atoms with Crippen molar-refractivity contribution in [1.82, 2.24) is 9.55 Å². The van der Waals surface area contributed by atoms with Crippen molar-refractivity contribution in [2.45, 2.75) is 40.3 Å². The molecule has 0 N–H and O–H groups in total. The number of pyridine rings is 1. The quantitative estimate of drug-likeness (QED) is 0.706. The Bertz CT molecular complexity index is 876. The van der Waals surface area contributed by atoms with Crippen molar-refractivity contribution in [3.05, 3.63) is 58.9 Å². The second-order valence-electron chi connectivity index (χ2n) is 6.43. The predicted octanol–water partition coefficient (Wildman–Crippen LogP) is 4.24. The summed E-state index contributed by atoms with van der Waals surface area (Å²) in [5.74, 6) is 1.13. The molecular weight excluding hydrogens is 282 g/mol. The Balaban J connectivity index is 1.86. The van der Waals surface area contributed by atoms with Crippen LogP contribution >= 0.6 is 0 Å². The van der Waals surface area contributed by atoms with Crippen molar-refractivity contribution < 1.29 is 0 Å². The van der Waals surface area contributed by atoms with Crippen LogP contribution in [0.25, 0.3) is 10.9 Å². The summed E-state index contributed by atoms with van der Waals surface area (Å²) in [5, 5.41) is 1.34. The summed E-state index contributed by atoms with van der Waals surface area (Å²) >= 11 is 0. The highest BCUT2D eigenvalue weighted by atomic mass is 15.2. The first-order chi connectivity index (χ1) is 11.2. The van der Waals surface area contributed by atoms with Gasteiger partial charge in [0.25, 0.3) is 0 Å². The number of anilines is 1. The first-order valence-corrected chi connectivity index (χ1v) is 8.46. The van der Waals surface area contributed by atoms with Crippen LogP contribution in [0.2, 0.25) is 0 Å². The van der Waals surface area contributed by atoms with E-state index in [-0.39, 0.29) is 0 Å². The Morgan fingerprint density at radius 1 is 1.09 bits per heavy atom. The minimum Gasteiger partial charge on any atom is -0.350 e. The van der Waals surface area contributed by atoms with Crippen LogP contribution in [-0.4, -0.2) is 16.1 Å². The summed E-state index contributed by atoms with van der Waals surface area (Å²) in [6, 6.07) is 10.9. The molecule has 1 aliphatic heterocycles. The molecule has 0 saturated heterocycles. The standard InChI is InChI=1S/C20H23N3/c1-4-23-15(3)14(2)18-9-11-21-20(19(18)23)22-12-10-16-7-5-6-8-17(16)13-22/h5-9,11H,4,10,12-13H2,1-3H3. The molecular formula is C20H23N3. The molecule has 3 nitrogen and oxygen atoms in total. The summed E-state index contributed by atoms with van der Waals surface area (Å²) in [6.45, 7) is 9.63. The van der Waals surface area contributed by atoms with Gasteiger partial charge >= 0.3 is 0 Å². The van der Waals surface area contributed by atoms with Gasteiger partial charge in [-0.15, -0.1) is 0 Å². The van der Waals surface area contributed by atoms with Gasteiger partial charge in [0.1, 0.15) is 0 Å². The van der Waals surface area contributed by atoms with E-state index in [1.54, 1.807) is 0 Å². The highest BCUT2D eigenvalue weighted by molar-refractivity contribution is 5.93. The van der Waals surface area contributed by atoms with Crippen molar-refractivity contribution >= 4 is 16.7 Å². The van der Waals surface area contributed by atoms with Gasteiger partial charge in [0.2, 0.25) is 0 Å². The van der Waals surface area contributed by atoms with E-state index in [4.69, 9.17) is 4.98 Å².